The highest BCUT2D eigenvalue weighted by Crippen LogP contribution is 2.40. The number of hydrogen-bond donors (Lipinski definition) is 0. The van der Waals surface area contributed by atoms with Crippen molar-refractivity contribution in [2.24, 2.45) is 0 Å². The van der Waals surface area contributed by atoms with Crippen LogP contribution in [0.4, 0.5) is 4.39 Å². The number of hydrogen-bond acceptors (Lipinski definition) is 5. The molecule has 3 nitrogen and oxygen atoms in total. The number of fused-ring (bicyclic) bond motifs is 1. The van der Waals surface area contributed by atoms with Crippen molar-refractivity contribution in [3.63, 3.8) is 0 Å². The average molecular weight is 430 g/mol. The van der Waals surface area contributed by atoms with Crippen molar-refractivity contribution in [2.45, 2.75) is 23.7 Å². The lowest BCUT2D eigenvalue weighted by molar-refractivity contribution is 0.310. The van der Waals surface area contributed by atoms with Crippen LogP contribution in [-0.4, -0.2) is 23.5 Å². The third-order valence-corrected chi connectivity index (χ3v) is 7.05. The summed E-state index contributed by atoms with van der Waals surface area (Å²) in [4.78, 5) is 8.13. The summed E-state index contributed by atoms with van der Waals surface area (Å²) in [5, 5.41) is 13.0. The maximum atomic E-state index is 14.2. The van der Waals surface area contributed by atoms with E-state index < -0.39 is 0 Å². The molecule has 0 N–H and O–H groups in total. The maximum Gasteiger partial charge on any atom is 0.128 e. The number of likely N-dealkylation sites (N-methyl/N-ethyl adjacent to an activating group) is 1. The molecule has 1 aliphatic rings. The number of pyridine rings is 1. The van der Waals surface area contributed by atoms with E-state index in [1.165, 1.54) is 17.8 Å². The predicted molar refractivity (Wildman–Crippen MR) is 113 cm³/mol. The van der Waals surface area contributed by atoms with Crippen molar-refractivity contribution in [1.29, 1.82) is 5.26 Å². The minimum atomic E-state index is -0.337. The molecular weight excluding hydrogens is 413 g/mol. The molecule has 28 heavy (non-hydrogen) atoms. The van der Waals surface area contributed by atoms with E-state index in [4.69, 9.17) is 16.6 Å². The largest absolute Gasteiger partial charge is 0.302 e. The molecule has 0 saturated heterocycles. The van der Waals surface area contributed by atoms with Gasteiger partial charge in [0.2, 0.25) is 0 Å². The first-order chi connectivity index (χ1) is 13.6. The summed E-state index contributed by atoms with van der Waals surface area (Å²) in [6.07, 6.45) is 0.837. The van der Waals surface area contributed by atoms with Crippen molar-refractivity contribution in [3.05, 3.63) is 68.9 Å². The topological polar surface area (TPSA) is 39.9 Å². The average Bonchev–Trinajstić information content (AvgIpc) is 3.21. The molecule has 3 aromatic rings. The van der Waals surface area contributed by atoms with Gasteiger partial charge in [-0.3, -0.25) is 0 Å². The summed E-state index contributed by atoms with van der Waals surface area (Å²) >= 11 is 9.16. The summed E-state index contributed by atoms with van der Waals surface area (Å²) in [5.74, 6) is -0.00738. The van der Waals surface area contributed by atoms with Crippen LogP contribution in [0.25, 0.3) is 10.4 Å². The second-order valence-corrected chi connectivity index (χ2v) is 8.98. The Morgan fingerprint density at radius 3 is 2.93 bits per heavy atom. The van der Waals surface area contributed by atoms with Gasteiger partial charge in [0.25, 0.3) is 0 Å². The molecule has 1 aliphatic heterocycles. The Morgan fingerprint density at radius 2 is 2.21 bits per heavy atom. The summed E-state index contributed by atoms with van der Waals surface area (Å²) in [5.41, 5.74) is 4.13. The first-order valence-electron chi connectivity index (χ1n) is 8.82. The molecule has 0 bridgehead atoms. The monoisotopic (exact) mass is 429 g/mol. The zero-order chi connectivity index (χ0) is 19.7. The van der Waals surface area contributed by atoms with Gasteiger partial charge >= 0.3 is 0 Å². The van der Waals surface area contributed by atoms with Gasteiger partial charge in [0, 0.05) is 52.0 Å². The molecule has 0 fully saturated rings. The summed E-state index contributed by atoms with van der Waals surface area (Å²) < 4.78 is 14.2. The quantitative estimate of drug-likeness (QED) is 0.495. The van der Waals surface area contributed by atoms with E-state index >= 15 is 0 Å². The van der Waals surface area contributed by atoms with Crippen molar-refractivity contribution in [1.82, 2.24) is 9.88 Å². The molecular formula is C21H17ClFN3S2. The number of nitrogens with zero attached hydrogens (tertiary/aromatic N) is 3. The lowest BCUT2D eigenvalue weighted by atomic mass is 9.96. The molecule has 4 rings (SSSR count). The van der Waals surface area contributed by atoms with Crippen molar-refractivity contribution in [2.75, 3.05) is 13.6 Å². The van der Waals surface area contributed by atoms with E-state index in [0.29, 0.717) is 26.9 Å². The standard InChI is InChI=1S/C21H17ClFN3S2/c1-26-8-7-18-14(11-26)20(19-6-3-9-27-19)13(10-24)21(25-18)28-12-15-16(22)4-2-5-17(15)23/h2-6,9H,7-8,11-12H2,1H3. The van der Waals surface area contributed by atoms with Gasteiger partial charge in [-0.05, 0) is 36.2 Å². The Balaban J connectivity index is 1.80. The highest BCUT2D eigenvalue weighted by Gasteiger charge is 2.25. The van der Waals surface area contributed by atoms with Gasteiger partial charge in [0.1, 0.15) is 16.9 Å². The Kier molecular flexibility index (Phi) is 5.70. The fourth-order valence-electron chi connectivity index (χ4n) is 3.38. The van der Waals surface area contributed by atoms with E-state index in [0.717, 1.165) is 41.2 Å². The Bertz CT molecular complexity index is 1040. The number of halogens is 2. The van der Waals surface area contributed by atoms with E-state index in [1.54, 1.807) is 23.5 Å². The summed E-state index contributed by atoms with van der Waals surface area (Å²) in [6.45, 7) is 1.70. The van der Waals surface area contributed by atoms with Crippen LogP contribution in [0.2, 0.25) is 5.02 Å². The van der Waals surface area contributed by atoms with Crippen LogP contribution >= 0.6 is 34.7 Å². The minimum absolute atomic E-state index is 0.329. The van der Waals surface area contributed by atoms with Gasteiger partial charge in [-0.15, -0.1) is 23.1 Å². The van der Waals surface area contributed by atoms with Crippen LogP contribution in [0.3, 0.4) is 0 Å². The summed E-state index contributed by atoms with van der Waals surface area (Å²) in [6, 6.07) is 11.1. The molecule has 0 amide bonds. The number of aromatic nitrogens is 1. The fourth-order valence-corrected chi connectivity index (χ4v) is 5.54. The highest BCUT2D eigenvalue weighted by molar-refractivity contribution is 7.98. The predicted octanol–water partition coefficient (Wildman–Crippen LogP) is 5.75. The maximum absolute atomic E-state index is 14.2. The molecule has 0 aliphatic carbocycles. The smallest absolute Gasteiger partial charge is 0.128 e. The van der Waals surface area contributed by atoms with Gasteiger partial charge in [-0.2, -0.15) is 5.26 Å². The van der Waals surface area contributed by atoms with Gasteiger partial charge in [-0.25, -0.2) is 9.37 Å². The number of nitriles is 1. The van der Waals surface area contributed by atoms with Crippen LogP contribution in [0, 0.1) is 17.1 Å². The zero-order valence-corrected chi connectivity index (χ0v) is 17.6. The van der Waals surface area contributed by atoms with Crippen LogP contribution in [-0.2, 0) is 18.7 Å². The molecule has 7 heteroatoms. The van der Waals surface area contributed by atoms with Crippen molar-refractivity contribution < 1.29 is 4.39 Å². The molecule has 3 heterocycles. The van der Waals surface area contributed by atoms with E-state index in [-0.39, 0.29) is 5.82 Å². The number of rotatable bonds is 4. The SMILES string of the molecule is CN1CCc2nc(SCc3c(F)cccc3Cl)c(C#N)c(-c3cccs3)c2C1. The van der Waals surface area contributed by atoms with Crippen LogP contribution < -0.4 is 0 Å². The Hall–Kier alpha value is -1.91. The molecule has 0 saturated carbocycles. The summed E-state index contributed by atoms with van der Waals surface area (Å²) in [7, 11) is 2.08. The Labute approximate surface area is 176 Å². The van der Waals surface area contributed by atoms with Crippen molar-refractivity contribution in [3.8, 4) is 16.5 Å². The Morgan fingerprint density at radius 1 is 1.36 bits per heavy atom. The van der Waals surface area contributed by atoms with E-state index in [1.807, 2.05) is 17.5 Å². The van der Waals surface area contributed by atoms with E-state index in [2.05, 4.69) is 18.0 Å². The molecule has 0 spiro atoms. The molecule has 0 atom stereocenters. The minimum Gasteiger partial charge on any atom is -0.302 e. The molecule has 0 radical (unpaired) electrons. The number of benzene rings is 1. The van der Waals surface area contributed by atoms with Gasteiger partial charge < -0.3 is 4.90 Å². The third kappa shape index (κ3) is 3.68. The normalized spacial score (nSPS) is 13.9. The van der Waals surface area contributed by atoms with Gasteiger partial charge in [-0.1, -0.05) is 23.7 Å². The molecule has 1 aromatic carbocycles. The van der Waals surface area contributed by atoms with Crippen LogP contribution in [0.15, 0.2) is 40.7 Å². The number of thiophene rings is 1. The van der Waals surface area contributed by atoms with E-state index in [9.17, 15) is 9.65 Å². The first kappa shape index (κ1) is 19.4. The van der Waals surface area contributed by atoms with Gasteiger partial charge in [0.05, 0.1) is 5.56 Å². The second-order valence-electron chi connectivity index (χ2n) is 6.66. The molecule has 142 valence electrons. The third-order valence-electron chi connectivity index (χ3n) is 4.80. The zero-order valence-electron chi connectivity index (χ0n) is 15.2. The van der Waals surface area contributed by atoms with Crippen LogP contribution in [0.1, 0.15) is 22.4 Å². The lowest BCUT2D eigenvalue weighted by Gasteiger charge is -2.27. The van der Waals surface area contributed by atoms with Gasteiger partial charge in [0.15, 0.2) is 0 Å². The van der Waals surface area contributed by atoms with Crippen LogP contribution in [0.5, 0.6) is 0 Å². The second kappa shape index (κ2) is 8.22. The fraction of sp³-hybridized carbons (Fsp3) is 0.238. The van der Waals surface area contributed by atoms with Crippen molar-refractivity contribution >= 4 is 34.7 Å². The highest BCUT2D eigenvalue weighted by atomic mass is 35.5. The lowest BCUT2D eigenvalue weighted by Crippen LogP contribution is -2.28. The first-order valence-corrected chi connectivity index (χ1v) is 11.1. The number of thioether (sulfide) groups is 1. The molecule has 0 unspecified atom stereocenters. The molecule has 2 aromatic heterocycles.